The molecule has 2 aliphatic carbocycles. The number of ether oxygens (including phenoxy) is 1. The molecule has 2 N–H and O–H groups in total. The normalized spacial score (nSPS) is 44.6. The molecule has 1 fully saturated rings. The molecule has 4 aliphatic rings. The van der Waals surface area contributed by atoms with Crippen LogP contribution in [0.4, 0.5) is 0 Å². The molecule has 0 saturated carbocycles. The zero-order valence-corrected chi connectivity index (χ0v) is 12.9. The second-order valence-corrected chi connectivity index (χ2v) is 7.49. The van der Waals surface area contributed by atoms with E-state index in [4.69, 9.17) is 4.74 Å². The Labute approximate surface area is 130 Å². The summed E-state index contributed by atoms with van der Waals surface area (Å²) in [7, 11) is 2.19. The van der Waals surface area contributed by atoms with Crippen molar-refractivity contribution in [2.45, 2.75) is 42.9 Å². The molecule has 1 spiro atoms. The minimum absolute atomic E-state index is 0.201. The number of piperidine rings is 1. The van der Waals surface area contributed by atoms with Crippen LogP contribution in [0.1, 0.15) is 24.5 Å². The number of rotatable bonds is 0. The Balaban J connectivity index is 1.89. The van der Waals surface area contributed by atoms with E-state index in [1.807, 2.05) is 19.1 Å². The molecular weight excluding hydrogens is 278 g/mol. The van der Waals surface area contributed by atoms with Crippen LogP contribution in [-0.2, 0) is 11.8 Å². The summed E-state index contributed by atoms with van der Waals surface area (Å²) in [4.78, 5) is 2.44. The highest BCUT2D eigenvalue weighted by atomic mass is 16.5. The highest BCUT2D eigenvalue weighted by Gasteiger charge is 2.70. The van der Waals surface area contributed by atoms with Crippen molar-refractivity contribution in [3.63, 3.8) is 0 Å². The maximum atomic E-state index is 10.7. The zero-order chi connectivity index (χ0) is 15.3. The molecule has 116 valence electrons. The number of aromatic hydroxyl groups is 1. The van der Waals surface area contributed by atoms with E-state index < -0.39 is 11.7 Å². The molecule has 5 unspecified atom stereocenters. The molecule has 4 nitrogen and oxygen atoms in total. The fourth-order valence-electron chi connectivity index (χ4n) is 5.62. The maximum Gasteiger partial charge on any atom is 0.166 e. The lowest BCUT2D eigenvalue weighted by molar-refractivity contribution is -0.110. The third-order valence-corrected chi connectivity index (χ3v) is 6.77. The molecule has 2 bridgehead atoms. The van der Waals surface area contributed by atoms with Crippen LogP contribution in [0, 0.1) is 5.92 Å². The van der Waals surface area contributed by atoms with E-state index in [-0.39, 0.29) is 11.2 Å². The number of hydrogen-bond acceptors (Lipinski definition) is 4. The van der Waals surface area contributed by atoms with E-state index in [0.717, 1.165) is 24.9 Å². The van der Waals surface area contributed by atoms with Gasteiger partial charge in [0.15, 0.2) is 11.5 Å². The Bertz CT molecular complexity index is 715. The monoisotopic (exact) mass is 299 g/mol. The molecule has 1 saturated heterocycles. The van der Waals surface area contributed by atoms with Crippen molar-refractivity contribution in [3.8, 4) is 11.5 Å². The average Bonchev–Trinajstić information content (AvgIpc) is 2.78. The zero-order valence-electron chi connectivity index (χ0n) is 12.9. The van der Waals surface area contributed by atoms with Gasteiger partial charge in [-0.3, -0.25) is 0 Å². The molecule has 5 rings (SSSR count). The average molecular weight is 299 g/mol. The van der Waals surface area contributed by atoms with E-state index in [9.17, 15) is 10.2 Å². The van der Waals surface area contributed by atoms with Crippen LogP contribution in [0.5, 0.6) is 11.5 Å². The van der Waals surface area contributed by atoms with Gasteiger partial charge in [-0.15, -0.1) is 0 Å². The van der Waals surface area contributed by atoms with Gasteiger partial charge in [0.05, 0.1) is 5.41 Å². The van der Waals surface area contributed by atoms with Crippen molar-refractivity contribution in [1.82, 2.24) is 4.90 Å². The van der Waals surface area contributed by atoms with E-state index in [2.05, 4.69) is 18.0 Å². The molecule has 0 aromatic heterocycles. The lowest BCUT2D eigenvalue weighted by Gasteiger charge is -2.60. The summed E-state index contributed by atoms with van der Waals surface area (Å²) in [6.45, 7) is 3.01. The molecule has 4 heteroatoms. The smallest absolute Gasteiger partial charge is 0.166 e. The van der Waals surface area contributed by atoms with Crippen molar-refractivity contribution in [2.24, 2.45) is 5.92 Å². The quantitative estimate of drug-likeness (QED) is 0.714. The third-order valence-electron chi connectivity index (χ3n) is 6.77. The maximum absolute atomic E-state index is 10.7. The van der Waals surface area contributed by atoms with E-state index >= 15 is 0 Å². The van der Waals surface area contributed by atoms with Crippen LogP contribution >= 0.6 is 0 Å². The van der Waals surface area contributed by atoms with Gasteiger partial charge < -0.3 is 19.8 Å². The number of likely N-dealkylation sites (tertiary alicyclic amines) is 1. The second kappa shape index (κ2) is 3.69. The van der Waals surface area contributed by atoms with E-state index in [0.29, 0.717) is 17.7 Å². The third kappa shape index (κ3) is 1.14. The topological polar surface area (TPSA) is 52.9 Å². The molecule has 1 aromatic rings. The summed E-state index contributed by atoms with van der Waals surface area (Å²) >= 11 is 0. The fourth-order valence-corrected chi connectivity index (χ4v) is 5.62. The number of aliphatic hydroxyl groups is 1. The van der Waals surface area contributed by atoms with Crippen molar-refractivity contribution in [2.75, 3.05) is 13.6 Å². The summed E-state index contributed by atoms with van der Waals surface area (Å²) in [5.74, 6) is 1.14. The molecular formula is C18H21NO3. The largest absolute Gasteiger partial charge is 0.504 e. The lowest BCUT2D eigenvalue weighted by atomic mass is 9.49. The van der Waals surface area contributed by atoms with Crippen LogP contribution in [0.3, 0.4) is 0 Å². The number of benzene rings is 1. The Hall–Kier alpha value is -1.52. The predicted octanol–water partition coefficient (Wildman–Crippen LogP) is 1.59. The number of phenols is 1. The van der Waals surface area contributed by atoms with Gasteiger partial charge in [0.25, 0.3) is 0 Å². The Kier molecular flexibility index (Phi) is 2.17. The highest BCUT2D eigenvalue weighted by Crippen LogP contribution is 2.66. The Morgan fingerprint density at radius 1 is 1.32 bits per heavy atom. The molecule has 5 atom stereocenters. The summed E-state index contributed by atoms with van der Waals surface area (Å²) in [6, 6.07) is 4.21. The van der Waals surface area contributed by atoms with Crippen LogP contribution in [0.2, 0.25) is 0 Å². The molecule has 1 aromatic carbocycles. The molecule has 0 radical (unpaired) electrons. The summed E-state index contributed by atoms with van der Waals surface area (Å²) < 4.78 is 6.27. The van der Waals surface area contributed by atoms with Gasteiger partial charge in [-0.2, -0.15) is 0 Å². The van der Waals surface area contributed by atoms with Crippen molar-refractivity contribution in [3.05, 3.63) is 35.4 Å². The SMILES string of the molecule is CN1CCC23c4c5ccc(O)c4OC2(C)C(O)C=CC3C1C5. The number of likely N-dealkylation sites (N-methyl/N-ethyl adjacent to an activating group) is 1. The van der Waals surface area contributed by atoms with Gasteiger partial charge in [-0.1, -0.05) is 18.2 Å². The summed E-state index contributed by atoms with van der Waals surface area (Å²) in [5, 5.41) is 21.0. The van der Waals surface area contributed by atoms with Crippen molar-refractivity contribution < 1.29 is 14.9 Å². The highest BCUT2D eigenvalue weighted by molar-refractivity contribution is 5.63. The summed E-state index contributed by atoms with van der Waals surface area (Å²) in [5.41, 5.74) is 1.52. The number of aliphatic hydroxyl groups excluding tert-OH is 1. The number of nitrogens with zero attached hydrogens (tertiary/aromatic N) is 1. The predicted molar refractivity (Wildman–Crippen MR) is 82.2 cm³/mol. The second-order valence-electron chi connectivity index (χ2n) is 7.49. The lowest BCUT2D eigenvalue weighted by Crippen LogP contribution is -2.70. The number of phenolic OH excluding ortho intramolecular Hbond substituents is 1. The minimum atomic E-state index is -0.692. The van der Waals surface area contributed by atoms with Crippen LogP contribution in [-0.4, -0.2) is 46.5 Å². The molecule has 2 aliphatic heterocycles. The Morgan fingerprint density at radius 2 is 2.14 bits per heavy atom. The van der Waals surface area contributed by atoms with Gasteiger partial charge >= 0.3 is 0 Å². The van der Waals surface area contributed by atoms with Gasteiger partial charge in [0.1, 0.15) is 11.7 Å². The fraction of sp³-hybridized carbons (Fsp3) is 0.556. The van der Waals surface area contributed by atoms with Crippen LogP contribution in [0.25, 0.3) is 0 Å². The number of hydrogen-bond donors (Lipinski definition) is 2. The first kappa shape index (κ1) is 13.0. The standard InChI is InChI=1S/C18H21NO3/c1-17-14(21)6-4-11-12-9-10-3-5-13(20)16(22-17)15(10)18(11,17)7-8-19(12)2/h3-6,11-12,14,20-21H,7-9H2,1-2H3. The van der Waals surface area contributed by atoms with Crippen LogP contribution < -0.4 is 4.74 Å². The van der Waals surface area contributed by atoms with E-state index in [1.54, 1.807) is 6.07 Å². The van der Waals surface area contributed by atoms with E-state index in [1.165, 1.54) is 5.56 Å². The Morgan fingerprint density at radius 3 is 2.95 bits per heavy atom. The molecule has 0 amide bonds. The van der Waals surface area contributed by atoms with Gasteiger partial charge in [0.2, 0.25) is 0 Å². The first-order valence-electron chi connectivity index (χ1n) is 8.10. The minimum Gasteiger partial charge on any atom is -0.504 e. The van der Waals surface area contributed by atoms with Gasteiger partial charge in [-0.25, -0.2) is 0 Å². The van der Waals surface area contributed by atoms with Crippen LogP contribution in [0.15, 0.2) is 24.3 Å². The van der Waals surface area contributed by atoms with Crippen molar-refractivity contribution >= 4 is 0 Å². The van der Waals surface area contributed by atoms with Gasteiger partial charge in [-0.05, 0) is 45.0 Å². The molecule has 2 heterocycles. The van der Waals surface area contributed by atoms with Gasteiger partial charge in [0, 0.05) is 17.5 Å². The summed E-state index contributed by atoms with van der Waals surface area (Å²) in [6.07, 6.45) is 5.36. The first-order chi connectivity index (χ1) is 10.5. The molecule has 22 heavy (non-hydrogen) atoms. The van der Waals surface area contributed by atoms with Crippen molar-refractivity contribution in [1.29, 1.82) is 0 Å². The first-order valence-corrected chi connectivity index (χ1v) is 8.10.